The third-order valence-electron chi connectivity index (χ3n) is 3.05. The normalized spacial score (nSPS) is 15.2. The molecule has 0 aliphatic rings. The van der Waals surface area contributed by atoms with Crippen LogP contribution in [0.5, 0.6) is 0 Å². The van der Waals surface area contributed by atoms with Crippen molar-refractivity contribution in [3.63, 3.8) is 0 Å². The molecule has 24 heavy (non-hydrogen) atoms. The van der Waals surface area contributed by atoms with Crippen LogP contribution in [0, 0.1) is 18.3 Å². The molecular formula is C17H22N2O4S. The first-order valence-corrected chi connectivity index (χ1v) is 9.16. The minimum absolute atomic E-state index is 0.0222. The van der Waals surface area contributed by atoms with Crippen LogP contribution >= 0.6 is 0 Å². The summed E-state index contributed by atoms with van der Waals surface area (Å²) in [5, 5.41) is 0. The fourth-order valence-electron chi connectivity index (χ4n) is 2.06. The number of terminal acetylenes is 1. The maximum Gasteiger partial charge on any atom is 0.443 e. The van der Waals surface area contributed by atoms with Crippen molar-refractivity contribution >= 4 is 21.9 Å². The van der Waals surface area contributed by atoms with Crippen LogP contribution in [0.3, 0.4) is 0 Å². The van der Waals surface area contributed by atoms with Crippen LogP contribution in [0.1, 0.15) is 38.9 Å². The molecule has 0 saturated carbocycles. The van der Waals surface area contributed by atoms with Crippen LogP contribution < -0.4 is 4.72 Å². The zero-order chi connectivity index (χ0) is 18.2. The van der Waals surface area contributed by atoms with E-state index in [2.05, 4.69) is 15.0 Å². The number of ether oxygens (including phenoxy) is 1. The van der Waals surface area contributed by atoms with Gasteiger partial charge in [-0.15, -0.1) is 16.7 Å². The summed E-state index contributed by atoms with van der Waals surface area (Å²) in [6.07, 6.45) is 4.05. The topological polar surface area (TPSA) is 84.8 Å². The lowest BCUT2D eigenvalue weighted by molar-refractivity contribution is -0.117. The Morgan fingerprint density at radius 1 is 1.33 bits per heavy atom. The molecule has 0 spiro atoms. The van der Waals surface area contributed by atoms with Crippen LogP contribution in [-0.2, 0) is 19.4 Å². The average Bonchev–Trinajstić information content (AvgIpc) is 2.46. The van der Waals surface area contributed by atoms with E-state index in [4.69, 9.17) is 11.2 Å². The Balaban J connectivity index is 2.92. The van der Waals surface area contributed by atoms with Gasteiger partial charge in [-0.2, -0.15) is 0 Å². The van der Waals surface area contributed by atoms with Gasteiger partial charge < -0.3 is 4.74 Å². The van der Waals surface area contributed by atoms with Crippen molar-refractivity contribution in [1.82, 2.24) is 4.72 Å². The molecule has 7 heteroatoms. The van der Waals surface area contributed by atoms with Crippen LogP contribution in [0.15, 0.2) is 34.7 Å². The lowest BCUT2D eigenvalue weighted by atomic mass is 10.1. The summed E-state index contributed by atoms with van der Waals surface area (Å²) in [6, 6.07) is 9.09. The largest absolute Gasteiger partial charge is 0.443 e. The van der Waals surface area contributed by atoms with Gasteiger partial charge in [-0.05, 0) is 18.4 Å². The SMILES string of the molecule is C#CC[C@H](C)C[S@@](=O)(=NC(=O)O[C@@H](C)c1ccccc1)NC(C)=O. The van der Waals surface area contributed by atoms with Gasteiger partial charge >= 0.3 is 6.09 Å². The minimum Gasteiger partial charge on any atom is -0.440 e. The molecule has 0 fully saturated rings. The predicted octanol–water partition coefficient (Wildman–Crippen LogP) is 3.06. The maximum absolute atomic E-state index is 12.7. The second kappa shape index (κ2) is 9.08. The minimum atomic E-state index is -3.28. The number of nitrogens with zero attached hydrogens (tertiary/aromatic N) is 1. The quantitative estimate of drug-likeness (QED) is 0.799. The summed E-state index contributed by atoms with van der Waals surface area (Å²) in [5.74, 6) is 1.72. The first-order chi connectivity index (χ1) is 11.3. The second-order valence-corrected chi connectivity index (χ2v) is 7.51. The van der Waals surface area contributed by atoms with Gasteiger partial charge in [0.1, 0.15) is 16.0 Å². The first-order valence-electron chi connectivity index (χ1n) is 7.48. The Bertz CT molecular complexity index is 731. The Labute approximate surface area is 143 Å². The Kier molecular flexibility index (Phi) is 7.46. The van der Waals surface area contributed by atoms with Gasteiger partial charge in [-0.3, -0.25) is 9.52 Å². The van der Waals surface area contributed by atoms with Crippen molar-refractivity contribution in [2.45, 2.75) is 33.3 Å². The van der Waals surface area contributed by atoms with Gasteiger partial charge in [-0.25, -0.2) is 9.00 Å². The maximum atomic E-state index is 12.7. The molecule has 130 valence electrons. The van der Waals surface area contributed by atoms with E-state index in [-0.39, 0.29) is 11.7 Å². The van der Waals surface area contributed by atoms with Gasteiger partial charge in [0.2, 0.25) is 5.91 Å². The molecule has 1 rings (SSSR count). The molecule has 3 atom stereocenters. The monoisotopic (exact) mass is 350 g/mol. The molecule has 6 nitrogen and oxygen atoms in total. The molecule has 0 aliphatic heterocycles. The summed E-state index contributed by atoms with van der Waals surface area (Å²) in [5.41, 5.74) is 0.785. The van der Waals surface area contributed by atoms with Gasteiger partial charge in [0.05, 0.1) is 5.75 Å². The van der Waals surface area contributed by atoms with Gasteiger partial charge in [0, 0.05) is 13.3 Å². The Morgan fingerprint density at radius 2 is 1.96 bits per heavy atom. The molecule has 0 radical (unpaired) electrons. The summed E-state index contributed by atoms with van der Waals surface area (Å²) >= 11 is 0. The summed E-state index contributed by atoms with van der Waals surface area (Å²) in [4.78, 5) is 23.3. The smallest absolute Gasteiger partial charge is 0.440 e. The van der Waals surface area contributed by atoms with Crippen molar-refractivity contribution in [2.75, 3.05) is 5.75 Å². The fourth-order valence-corrected chi connectivity index (χ4v) is 3.88. The van der Waals surface area contributed by atoms with E-state index in [1.807, 2.05) is 18.2 Å². The first kappa shape index (κ1) is 19.7. The van der Waals surface area contributed by atoms with E-state index in [0.717, 1.165) is 5.56 Å². The molecule has 1 aromatic rings. The van der Waals surface area contributed by atoms with Crippen LogP contribution in [-0.4, -0.2) is 22.0 Å². The van der Waals surface area contributed by atoms with Crippen molar-refractivity contribution in [3.05, 3.63) is 35.9 Å². The van der Waals surface area contributed by atoms with E-state index in [1.54, 1.807) is 26.0 Å². The number of nitrogens with one attached hydrogen (secondary N) is 1. The van der Waals surface area contributed by atoms with E-state index in [0.29, 0.717) is 6.42 Å². The zero-order valence-electron chi connectivity index (χ0n) is 14.0. The molecule has 0 unspecified atom stereocenters. The fraction of sp³-hybridized carbons (Fsp3) is 0.412. The van der Waals surface area contributed by atoms with Crippen molar-refractivity contribution in [3.8, 4) is 12.3 Å². The summed E-state index contributed by atoms with van der Waals surface area (Å²) < 4.78 is 23.8. The van der Waals surface area contributed by atoms with Crippen molar-refractivity contribution < 1.29 is 18.5 Å². The molecule has 0 bridgehead atoms. The van der Waals surface area contributed by atoms with E-state index in [1.165, 1.54) is 6.92 Å². The van der Waals surface area contributed by atoms with E-state index >= 15 is 0 Å². The van der Waals surface area contributed by atoms with Crippen LogP contribution in [0.4, 0.5) is 4.79 Å². The highest BCUT2D eigenvalue weighted by Gasteiger charge is 2.19. The van der Waals surface area contributed by atoms with Crippen LogP contribution in [0.2, 0.25) is 0 Å². The van der Waals surface area contributed by atoms with Crippen molar-refractivity contribution in [1.29, 1.82) is 0 Å². The molecule has 2 amide bonds. The highest BCUT2D eigenvalue weighted by Crippen LogP contribution is 2.17. The third kappa shape index (κ3) is 6.84. The second-order valence-electron chi connectivity index (χ2n) is 5.51. The predicted molar refractivity (Wildman–Crippen MR) is 93.2 cm³/mol. The molecule has 1 aromatic carbocycles. The number of rotatable bonds is 6. The highest BCUT2D eigenvalue weighted by molar-refractivity contribution is 7.92. The number of carbonyl (C=O) groups is 2. The van der Waals surface area contributed by atoms with Gasteiger partial charge in [0.25, 0.3) is 0 Å². The lowest BCUT2D eigenvalue weighted by Gasteiger charge is -2.15. The lowest BCUT2D eigenvalue weighted by Crippen LogP contribution is -2.33. The molecule has 0 saturated heterocycles. The molecule has 0 heterocycles. The standard InChI is InChI=1S/C17H22N2O4S/c1-5-9-13(2)12-24(22,18-15(4)20)19-17(21)23-14(3)16-10-7-6-8-11-16/h1,6-8,10-11,13-14H,9,12H2,2-4H3,(H,18,19,20,21,22)/t13-,14-,24-/m0/s1. The molecular weight excluding hydrogens is 328 g/mol. The molecule has 0 aromatic heterocycles. The van der Waals surface area contributed by atoms with Crippen molar-refractivity contribution in [2.24, 2.45) is 10.3 Å². The summed E-state index contributed by atoms with van der Waals surface area (Å²) in [6.45, 7) is 4.66. The number of hydrogen-bond acceptors (Lipinski definition) is 4. The highest BCUT2D eigenvalue weighted by atomic mass is 32.2. The molecule has 0 aliphatic carbocycles. The number of benzene rings is 1. The van der Waals surface area contributed by atoms with Gasteiger partial charge in [0.15, 0.2) is 0 Å². The molecule has 1 N–H and O–H groups in total. The average molecular weight is 350 g/mol. The Morgan fingerprint density at radius 3 is 2.50 bits per heavy atom. The Hall–Kier alpha value is -2.33. The summed E-state index contributed by atoms with van der Waals surface area (Å²) in [7, 11) is -3.28. The number of carbonyl (C=O) groups excluding carboxylic acids is 2. The number of amides is 2. The van der Waals surface area contributed by atoms with Crippen LogP contribution in [0.25, 0.3) is 0 Å². The van der Waals surface area contributed by atoms with E-state index < -0.39 is 28.0 Å². The van der Waals surface area contributed by atoms with E-state index in [9.17, 15) is 13.8 Å². The number of hydrogen-bond donors (Lipinski definition) is 1. The van der Waals surface area contributed by atoms with Gasteiger partial charge in [-0.1, -0.05) is 37.3 Å². The zero-order valence-corrected chi connectivity index (χ0v) is 14.8. The third-order valence-corrected chi connectivity index (χ3v) is 5.12.